The third-order valence-electron chi connectivity index (χ3n) is 10.5. The second kappa shape index (κ2) is 12.2. The van der Waals surface area contributed by atoms with Gasteiger partial charge in [-0.05, 0) is 140 Å². The second-order valence-corrected chi connectivity index (χ2v) is 14.4. The minimum atomic E-state index is 0.894. The van der Waals surface area contributed by atoms with E-state index >= 15 is 0 Å². The van der Waals surface area contributed by atoms with Crippen molar-refractivity contribution in [2.45, 2.75) is 41.5 Å². The highest BCUT2D eigenvalue weighted by Gasteiger charge is 2.20. The molecule has 0 saturated heterocycles. The highest BCUT2D eigenvalue weighted by atomic mass is 16.3. The van der Waals surface area contributed by atoms with Crippen LogP contribution in [0, 0.1) is 41.5 Å². The van der Waals surface area contributed by atoms with Crippen molar-refractivity contribution in [2.75, 3.05) is 0 Å². The fourth-order valence-corrected chi connectivity index (χ4v) is 8.52. The number of aromatic nitrogens is 2. The molecule has 52 heavy (non-hydrogen) atoms. The Hall–Kier alpha value is -6.19. The monoisotopic (exact) mass is 672 g/mol. The van der Waals surface area contributed by atoms with Gasteiger partial charge in [0.15, 0.2) is 0 Å². The van der Waals surface area contributed by atoms with E-state index in [-0.39, 0.29) is 0 Å². The third-order valence-corrected chi connectivity index (χ3v) is 10.5. The van der Waals surface area contributed by atoms with Gasteiger partial charge in [0.2, 0.25) is 0 Å². The summed E-state index contributed by atoms with van der Waals surface area (Å²) < 4.78 is 9.04. The molecule has 0 amide bonds. The van der Waals surface area contributed by atoms with Crippen molar-refractivity contribution in [1.82, 2.24) is 9.55 Å². The predicted molar refractivity (Wildman–Crippen MR) is 219 cm³/mol. The van der Waals surface area contributed by atoms with Crippen LogP contribution in [-0.2, 0) is 0 Å². The van der Waals surface area contributed by atoms with E-state index in [9.17, 15) is 0 Å². The largest absolute Gasteiger partial charge is 0.455 e. The van der Waals surface area contributed by atoms with Gasteiger partial charge in [0.05, 0.1) is 11.0 Å². The Morgan fingerprint density at radius 1 is 0.481 bits per heavy atom. The molecule has 0 saturated carbocycles. The van der Waals surface area contributed by atoms with Gasteiger partial charge in [0.25, 0.3) is 0 Å². The lowest BCUT2D eigenvalue weighted by atomic mass is 9.89. The SMILES string of the molecule is Cc1cc(C)c(-c2ccc3oc4c(-c5ccc(-c6nc7ccccc7n6-c6ccccc6)cc5)cc(-c5c(C)cc(C)cc5C)cc4c3c2)c(C)c1. The maximum Gasteiger partial charge on any atom is 0.145 e. The van der Waals surface area contributed by atoms with Crippen molar-refractivity contribution in [3.05, 3.63) is 167 Å². The third kappa shape index (κ3) is 5.24. The average Bonchev–Trinajstić information content (AvgIpc) is 3.70. The topological polar surface area (TPSA) is 31.0 Å². The van der Waals surface area contributed by atoms with Crippen LogP contribution < -0.4 is 0 Å². The van der Waals surface area contributed by atoms with Gasteiger partial charge in [-0.3, -0.25) is 4.57 Å². The molecular weight excluding hydrogens is 633 g/mol. The van der Waals surface area contributed by atoms with Crippen LogP contribution in [0.5, 0.6) is 0 Å². The maximum atomic E-state index is 6.79. The Balaban J connectivity index is 1.25. The van der Waals surface area contributed by atoms with E-state index in [1.54, 1.807) is 0 Å². The first-order chi connectivity index (χ1) is 25.2. The highest BCUT2D eigenvalue weighted by Crippen LogP contribution is 2.43. The Morgan fingerprint density at radius 3 is 1.71 bits per heavy atom. The first-order valence-corrected chi connectivity index (χ1v) is 18.0. The van der Waals surface area contributed by atoms with Crippen LogP contribution in [0.1, 0.15) is 33.4 Å². The molecule has 0 radical (unpaired) electrons. The van der Waals surface area contributed by atoms with Gasteiger partial charge >= 0.3 is 0 Å². The summed E-state index contributed by atoms with van der Waals surface area (Å²) in [5, 5.41) is 2.26. The van der Waals surface area contributed by atoms with Crippen LogP contribution >= 0.6 is 0 Å². The van der Waals surface area contributed by atoms with Crippen LogP contribution in [0.2, 0.25) is 0 Å². The molecule has 0 unspecified atom stereocenters. The Labute approximate surface area is 304 Å². The lowest BCUT2D eigenvalue weighted by Crippen LogP contribution is -1.97. The Bertz CT molecular complexity index is 2790. The molecule has 0 aliphatic carbocycles. The molecule has 0 N–H and O–H groups in total. The summed E-state index contributed by atoms with van der Waals surface area (Å²) in [7, 11) is 0. The van der Waals surface area contributed by atoms with E-state index < -0.39 is 0 Å². The molecule has 9 rings (SSSR count). The van der Waals surface area contributed by atoms with Crippen LogP contribution in [0.4, 0.5) is 0 Å². The zero-order valence-corrected chi connectivity index (χ0v) is 30.5. The summed E-state index contributed by atoms with van der Waals surface area (Å²) in [4.78, 5) is 5.12. The molecule has 9 aromatic rings. The summed E-state index contributed by atoms with van der Waals surface area (Å²) in [6.07, 6.45) is 0. The first-order valence-electron chi connectivity index (χ1n) is 18.0. The molecular formula is C49H40N2O. The summed E-state index contributed by atoms with van der Waals surface area (Å²) in [6, 6.07) is 48.1. The van der Waals surface area contributed by atoms with E-state index in [4.69, 9.17) is 9.40 Å². The van der Waals surface area contributed by atoms with Crippen molar-refractivity contribution in [3.63, 3.8) is 0 Å². The lowest BCUT2D eigenvalue weighted by Gasteiger charge is -2.14. The standard InChI is InChI=1S/C49H40N2O/c1-29-22-31(3)46(32(4)23-29)37-20-21-45-41(26-37)42-28-38(47-33(5)24-30(2)25-34(47)6)27-40(48(42)52-45)35-16-18-36(19-17-35)49-50-43-14-10-11-15-44(43)51(49)39-12-8-7-9-13-39/h7-28H,1-6H3. The molecule has 0 atom stereocenters. The van der Waals surface area contributed by atoms with Crippen LogP contribution in [0.25, 0.3) is 83.4 Å². The zero-order chi connectivity index (χ0) is 35.7. The summed E-state index contributed by atoms with van der Waals surface area (Å²) in [5.74, 6) is 0.918. The van der Waals surface area contributed by atoms with Gasteiger partial charge in [-0.25, -0.2) is 4.98 Å². The number of imidazole rings is 1. The molecule has 252 valence electrons. The molecule has 0 aliphatic rings. The molecule has 0 fully saturated rings. The minimum absolute atomic E-state index is 0.894. The quantitative estimate of drug-likeness (QED) is 0.182. The molecule has 0 bridgehead atoms. The van der Waals surface area contributed by atoms with Gasteiger partial charge in [-0.2, -0.15) is 0 Å². The van der Waals surface area contributed by atoms with Gasteiger partial charge in [-0.15, -0.1) is 0 Å². The van der Waals surface area contributed by atoms with Gasteiger partial charge in [0.1, 0.15) is 17.0 Å². The minimum Gasteiger partial charge on any atom is -0.455 e. The summed E-state index contributed by atoms with van der Waals surface area (Å²) in [5.41, 5.74) is 20.9. The number of hydrogen-bond acceptors (Lipinski definition) is 2. The fourth-order valence-electron chi connectivity index (χ4n) is 8.52. The normalized spacial score (nSPS) is 11.7. The smallest absolute Gasteiger partial charge is 0.145 e. The first kappa shape index (κ1) is 31.8. The van der Waals surface area contributed by atoms with Crippen molar-refractivity contribution in [1.29, 1.82) is 0 Å². The Morgan fingerprint density at radius 2 is 1.04 bits per heavy atom. The molecule has 7 aromatic carbocycles. The average molecular weight is 673 g/mol. The number of benzene rings is 7. The number of furan rings is 1. The predicted octanol–water partition coefficient (Wildman–Crippen LogP) is 13.4. The van der Waals surface area contributed by atoms with Crippen molar-refractivity contribution in [3.8, 4) is 50.5 Å². The fraction of sp³-hybridized carbons (Fsp3) is 0.122. The van der Waals surface area contributed by atoms with Gasteiger partial charge in [0, 0.05) is 27.6 Å². The highest BCUT2D eigenvalue weighted by molar-refractivity contribution is 6.12. The maximum absolute atomic E-state index is 6.79. The van der Waals surface area contributed by atoms with E-state index in [1.165, 1.54) is 55.6 Å². The molecule has 0 aliphatic heterocycles. The van der Waals surface area contributed by atoms with Gasteiger partial charge < -0.3 is 4.42 Å². The van der Waals surface area contributed by atoms with E-state index in [0.717, 1.165) is 61.2 Å². The number of nitrogens with zero attached hydrogens (tertiary/aromatic N) is 2. The zero-order valence-electron chi connectivity index (χ0n) is 30.5. The second-order valence-electron chi connectivity index (χ2n) is 14.4. The lowest BCUT2D eigenvalue weighted by molar-refractivity contribution is 0.670. The van der Waals surface area contributed by atoms with Crippen LogP contribution in [-0.4, -0.2) is 9.55 Å². The van der Waals surface area contributed by atoms with E-state index in [0.29, 0.717) is 0 Å². The number of fused-ring (bicyclic) bond motifs is 4. The molecule has 2 heterocycles. The number of rotatable bonds is 5. The molecule has 2 aromatic heterocycles. The van der Waals surface area contributed by atoms with Gasteiger partial charge in [-0.1, -0.05) is 96.1 Å². The Kier molecular flexibility index (Phi) is 7.48. The van der Waals surface area contributed by atoms with Crippen LogP contribution in [0.15, 0.2) is 138 Å². The van der Waals surface area contributed by atoms with E-state index in [2.05, 4.69) is 174 Å². The number of aryl methyl sites for hydroxylation is 6. The molecule has 0 spiro atoms. The molecule has 3 heteroatoms. The van der Waals surface area contributed by atoms with Crippen LogP contribution in [0.3, 0.4) is 0 Å². The summed E-state index contributed by atoms with van der Waals surface area (Å²) >= 11 is 0. The van der Waals surface area contributed by atoms with Crippen molar-refractivity contribution < 1.29 is 4.42 Å². The number of hydrogen-bond donors (Lipinski definition) is 0. The van der Waals surface area contributed by atoms with Crippen molar-refractivity contribution >= 4 is 33.0 Å². The van der Waals surface area contributed by atoms with E-state index in [1.807, 2.05) is 6.07 Å². The number of para-hydroxylation sites is 3. The van der Waals surface area contributed by atoms with Crippen molar-refractivity contribution in [2.24, 2.45) is 0 Å². The molecule has 3 nitrogen and oxygen atoms in total. The summed E-state index contributed by atoms with van der Waals surface area (Å²) in [6.45, 7) is 13.2.